The molecule has 2 N–H and O–H groups in total. The molecule has 2 aromatic heterocycles. The summed E-state index contributed by atoms with van der Waals surface area (Å²) >= 11 is 0. The second-order valence-electron chi connectivity index (χ2n) is 5.42. The number of aryl methyl sites for hydroxylation is 2. The van der Waals surface area contributed by atoms with Crippen molar-refractivity contribution >= 4 is 17.1 Å². The lowest BCUT2D eigenvalue weighted by molar-refractivity contribution is -0.665. The van der Waals surface area contributed by atoms with Gasteiger partial charge in [0, 0.05) is 19.0 Å². The monoisotopic (exact) mass is 316 g/mol. The second kappa shape index (κ2) is 5.59. The van der Waals surface area contributed by atoms with Gasteiger partial charge in [0.15, 0.2) is 11.7 Å². The lowest BCUT2D eigenvalue weighted by Crippen LogP contribution is -3.00. The Kier molecular flexibility index (Phi) is 3.76. The zero-order valence-corrected chi connectivity index (χ0v) is 13.0. The van der Waals surface area contributed by atoms with E-state index in [1.807, 2.05) is 31.4 Å². The molecule has 0 amide bonds. The molecule has 1 aromatic carbocycles. The molecule has 0 spiro atoms. The van der Waals surface area contributed by atoms with Gasteiger partial charge in [-0.3, -0.25) is 5.32 Å². The van der Waals surface area contributed by atoms with E-state index in [9.17, 15) is 5.11 Å². The van der Waals surface area contributed by atoms with E-state index in [2.05, 4.69) is 37.6 Å². The van der Waals surface area contributed by atoms with Crippen LogP contribution < -0.4 is 22.3 Å². The van der Waals surface area contributed by atoms with Crippen LogP contribution in [0.3, 0.4) is 0 Å². The summed E-state index contributed by atoms with van der Waals surface area (Å²) in [5.41, 5.74) is 4.27. The molecule has 3 heterocycles. The molecule has 0 fully saturated rings. The minimum absolute atomic E-state index is 0. The van der Waals surface area contributed by atoms with Gasteiger partial charge in [0.1, 0.15) is 0 Å². The topological polar surface area (TPSA) is 54.0 Å². The van der Waals surface area contributed by atoms with Crippen molar-refractivity contribution in [3.63, 3.8) is 0 Å². The average Bonchev–Trinajstić information content (AvgIpc) is 2.80. The number of pyridine rings is 1. The molecule has 3 aromatic rings. The number of nitrogens with one attached hydrogen (secondary N) is 1. The largest absolute Gasteiger partial charge is 1.00 e. The van der Waals surface area contributed by atoms with Gasteiger partial charge in [0.25, 0.3) is 5.65 Å². The number of imidazole rings is 1. The van der Waals surface area contributed by atoms with E-state index in [0.717, 1.165) is 34.8 Å². The number of aliphatic hydroxyl groups is 1. The number of rotatable bonds is 1. The van der Waals surface area contributed by atoms with Crippen molar-refractivity contribution in [2.75, 3.05) is 5.32 Å². The maximum Gasteiger partial charge on any atom is 0.319 e. The van der Waals surface area contributed by atoms with Crippen LogP contribution in [-0.4, -0.2) is 20.9 Å². The SMILES string of the molecule is Cn1c2[n+](c3ncc(-c4ccccc4)cc31)CCC(O)N2.[Cl-]. The van der Waals surface area contributed by atoms with Crippen LogP contribution in [0.1, 0.15) is 6.42 Å². The highest BCUT2D eigenvalue weighted by atomic mass is 35.5. The molecule has 5 nitrogen and oxygen atoms in total. The van der Waals surface area contributed by atoms with Gasteiger partial charge in [-0.2, -0.15) is 0 Å². The minimum atomic E-state index is -0.485. The molecule has 1 aliphatic rings. The third-order valence-electron chi connectivity index (χ3n) is 4.07. The fraction of sp³-hybridized carbons (Fsp3) is 0.250. The van der Waals surface area contributed by atoms with Gasteiger partial charge in [0.2, 0.25) is 0 Å². The van der Waals surface area contributed by atoms with Gasteiger partial charge >= 0.3 is 5.95 Å². The van der Waals surface area contributed by atoms with Crippen LogP contribution in [0.5, 0.6) is 0 Å². The van der Waals surface area contributed by atoms with Crippen molar-refractivity contribution < 1.29 is 22.1 Å². The van der Waals surface area contributed by atoms with Gasteiger partial charge in [-0.1, -0.05) is 30.3 Å². The second-order valence-corrected chi connectivity index (χ2v) is 5.42. The highest BCUT2D eigenvalue weighted by molar-refractivity contribution is 5.77. The van der Waals surface area contributed by atoms with Crippen LogP contribution in [-0.2, 0) is 13.6 Å². The first kappa shape index (κ1) is 14.8. The number of aliphatic hydroxyl groups excluding tert-OH is 1. The molecule has 1 unspecified atom stereocenters. The molecule has 0 saturated heterocycles. The third kappa shape index (κ3) is 2.23. The number of anilines is 1. The summed E-state index contributed by atoms with van der Waals surface area (Å²) in [7, 11) is 2.00. The van der Waals surface area contributed by atoms with Crippen molar-refractivity contribution in [1.82, 2.24) is 9.55 Å². The van der Waals surface area contributed by atoms with Crippen molar-refractivity contribution in [1.29, 1.82) is 0 Å². The minimum Gasteiger partial charge on any atom is -1.00 e. The van der Waals surface area contributed by atoms with Crippen LogP contribution in [0, 0.1) is 0 Å². The maximum atomic E-state index is 9.78. The first-order valence-corrected chi connectivity index (χ1v) is 7.12. The number of fused-ring (bicyclic) bond motifs is 3. The highest BCUT2D eigenvalue weighted by Crippen LogP contribution is 2.24. The summed E-state index contributed by atoms with van der Waals surface area (Å²) in [5, 5.41) is 12.9. The van der Waals surface area contributed by atoms with Crippen molar-refractivity contribution in [2.45, 2.75) is 19.2 Å². The average molecular weight is 317 g/mol. The van der Waals surface area contributed by atoms with Gasteiger partial charge < -0.3 is 17.5 Å². The molecular weight excluding hydrogens is 300 g/mol. The van der Waals surface area contributed by atoms with E-state index in [1.165, 1.54) is 0 Å². The van der Waals surface area contributed by atoms with E-state index in [1.54, 1.807) is 0 Å². The Balaban J connectivity index is 0.00000144. The third-order valence-corrected chi connectivity index (χ3v) is 4.07. The Labute approximate surface area is 134 Å². The quantitative estimate of drug-likeness (QED) is 0.547. The molecule has 0 radical (unpaired) electrons. The standard InChI is InChI=1S/C16H16N4O.ClH/c1-19-13-9-12(11-5-3-2-4-6-11)10-17-15(13)20-8-7-14(21)18-16(19)20;/h2-6,9-10,14,21H,7-8H2,1H3;1H. The Morgan fingerprint density at radius 1 is 1.27 bits per heavy atom. The molecule has 1 atom stereocenters. The normalized spacial score (nSPS) is 16.7. The van der Waals surface area contributed by atoms with Crippen molar-refractivity contribution in [3.8, 4) is 11.1 Å². The molecule has 0 aliphatic carbocycles. The zero-order chi connectivity index (χ0) is 14.4. The van der Waals surface area contributed by atoms with Gasteiger partial charge in [-0.15, -0.1) is 4.98 Å². The summed E-state index contributed by atoms with van der Waals surface area (Å²) in [5.74, 6) is 0.904. The molecule has 4 rings (SSSR count). The van der Waals surface area contributed by atoms with Crippen molar-refractivity contribution in [3.05, 3.63) is 42.6 Å². The van der Waals surface area contributed by atoms with Crippen LogP contribution in [0.25, 0.3) is 22.3 Å². The van der Waals surface area contributed by atoms with Crippen LogP contribution in [0.15, 0.2) is 42.6 Å². The summed E-state index contributed by atoms with van der Waals surface area (Å²) in [4.78, 5) is 4.64. The predicted octanol–water partition coefficient (Wildman–Crippen LogP) is -1.33. The summed E-state index contributed by atoms with van der Waals surface area (Å²) in [6, 6.07) is 12.4. The van der Waals surface area contributed by atoms with E-state index < -0.39 is 6.23 Å². The van der Waals surface area contributed by atoms with E-state index in [-0.39, 0.29) is 12.4 Å². The molecule has 22 heavy (non-hydrogen) atoms. The van der Waals surface area contributed by atoms with Crippen LogP contribution in [0.4, 0.5) is 5.95 Å². The van der Waals surface area contributed by atoms with E-state index in [0.29, 0.717) is 6.42 Å². The van der Waals surface area contributed by atoms with Gasteiger partial charge in [-0.25, -0.2) is 9.13 Å². The smallest absolute Gasteiger partial charge is 0.319 e. The highest BCUT2D eigenvalue weighted by Gasteiger charge is 2.28. The number of nitrogens with zero attached hydrogens (tertiary/aromatic N) is 3. The lowest BCUT2D eigenvalue weighted by Gasteiger charge is -2.16. The summed E-state index contributed by atoms with van der Waals surface area (Å²) < 4.78 is 4.17. The number of halogens is 1. The fourth-order valence-corrected chi connectivity index (χ4v) is 2.94. The lowest BCUT2D eigenvalue weighted by atomic mass is 10.1. The summed E-state index contributed by atoms with van der Waals surface area (Å²) in [6.45, 7) is 0.776. The van der Waals surface area contributed by atoms with E-state index >= 15 is 0 Å². The number of aromatic nitrogens is 3. The fourth-order valence-electron chi connectivity index (χ4n) is 2.94. The number of hydrogen-bond donors (Lipinski definition) is 2. The van der Waals surface area contributed by atoms with Crippen LogP contribution >= 0.6 is 0 Å². The molecule has 0 saturated carbocycles. The van der Waals surface area contributed by atoms with Crippen molar-refractivity contribution in [2.24, 2.45) is 7.05 Å². The Morgan fingerprint density at radius 2 is 2.05 bits per heavy atom. The van der Waals surface area contributed by atoms with E-state index in [4.69, 9.17) is 0 Å². The predicted molar refractivity (Wildman–Crippen MR) is 80.6 cm³/mol. The molecule has 114 valence electrons. The Hall–Kier alpha value is -2.11. The number of benzene rings is 1. The number of hydrogen-bond acceptors (Lipinski definition) is 3. The molecule has 6 heteroatoms. The Morgan fingerprint density at radius 3 is 2.82 bits per heavy atom. The molecular formula is C16H17ClN4O. The Bertz CT molecular complexity index is 816. The first-order valence-electron chi connectivity index (χ1n) is 7.12. The van der Waals surface area contributed by atoms with Crippen LogP contribution in [0.2, 0.25) is 0 Å². The molecule has 1 aliphatic heterocycles. The van der Waals surface area contributed by atoms with Gasteiger partial charge in [0.05, 0.1) is 12.7 Å². The van der Waals surface area contributed by atoms with Gasteiger partial charge in [-0.05, 0) is 11.6 Å². The molecule has 0 bridgehead atoms. The summed E-state index contributed by atoms with van der Waals surface area (Å²) in [6.07, 6.45) is 2.12. The zero-order valence-electron chi connectivity index (χ0n) is 12.2. The maximum absolute atomic E-state index is 9.78. The first-order chi connectivity index (χ1) is 10.2.